The van der Waals surface area contributed by atoms with E-state index in [0.717, 1.165) is 19.3 Å². The zero-order valence-electron chi connectivity index (χ0n) is 8.08. The zero-order valence-corrected chi connectivity index (χ0v) is 8.08. The molecule has 0 bridgehead atoms. The standard InChI is InChI=1S/C9H18N2O2/c1-13-8-3-2-7(6-8)11-9(12)4-5-10/h7-8H,2-6,10H2,1H3,(H,11,12). The molecule has 1 aliphatic rings. The highest BCUT2D eigenvalue weighted by Gasteiger charge is 2.25. The first kappa shape index (κ1) is 10.5. The number of hydrogen-bond acceptors (Lipinski definition) is 3. The molecule has 2 unspecified atom stereocenters. The molecule has 0 saturated heterocycles. The second-order valence-electron chi connectivity index (χ2n) is 3.47. The molecule has 0 spiro atoms. The Morgan fingerprint density at radius 3 is 2.92 bits per heavy atom. The van der Waals surface area contributed by atoms with Gasteiger partial charge in [-0.25, -0.2) is 0 Å². The van der Waals surface area contributed by atoms with Gasteiger partial charge in [-0.05, 0) is 19.3 Å². The minimum atomic E-state index is 0.0595. The van der Waals surface area contributed by atoms with Gasteiger partial charge >= 0.3 is 0 Å². The third-order valence-electron chi connectivity index (χ3n) is 2.45. The highest BCUT2D eigenvalue weighted by atomic mass is 16.5. The molecule has 0 heterocycles. The van der Waals surface area contributed by atoms with Gasteiger partial charge in [-0.15, -0.1) is 0 Å². The SMILES string of the molecule is COC1CCC(NC(=O)CCN)C1. The fourth-order valence-corrected chi connectivity index (χ4v) is 1.72. The first-order valence-electron chi connectivity index (χ1n) is 4.78. The highest BCUT2D eigenvalue weighted by molar-refractivity contribution is 5.76. The van der Waals surface area contributed by atoms with E-state index in [0.29, 0.717) is 25.1 Å². The summed E-state index contributed by atoms with van der Waals surface area (Å²) in [5.74, 6) is 0.0595. The van der Waals surface area contributed by atoms with E-state index in [4.69, 9.17) is 10.5 Å². The van der Waals surface area contributed by atoms with Gasteiger partial charge in [0.2, 0.25) is 5.91 Å². The molecule has 0 radical (unpaired) electrons. The maximum Gasteiger partial charge on any atom is 0.221 e. The lowest BCUT2D eigenvalue weighted by molar-refractivity contribution is -0.121. The summed E-state index contributed by atoms with van der Waals surface area (Å²) in [5, 5.41) is 2.95. The van der Waals surface area contributed by atoms with E-state index in [1.54, 1.807) is 7.11 Å². The molecule has 1 saturated carbocycles. The quantitative estimate of drug-likeness (QED) is 0.650. The van der Waals surface area contributed by atoms with Crippen LogP contribution in [0.1, 0.15) is 25.7 Å². The molecule has 76 valence electrons. The molecule has 1 amide bonds. The Balaban J connectivity index is 2.19. The summed E-state index contributed by atoms with van der Waals surface area (Å²) in [5.41, 5.74) is 5.27. The third-order valence-corrected chi connectivity index (χ3v) is 2.45. The van der Waals surface area contributed by atoms with E-state index in [1.165, 1.54) is 0 Å². The van der Waals surface area contributed by atoms with Crippen LogP contribution in [0.15, 0.2) is 0 Å². The van der Waals surface area contributed by atoms with Gasteiger partial charge in [0.1, 0.15) is 0 Å². The molecule has 4 heteroatoms. The lowest BCUT2D eigenvalue weighted by Crippen LogP contribution is -2.34. The Labute approximate surface area is 78.8 Å². The van der Waals surface area contributed by atoms with Crippen LogP contribution in [0.25, 0.3) is 0 Å². The number of nitrogens with two attached hydrogens (primary N) is 1. The van der Waals surface area contributed by atoms with Crippen LogP contribution >= 0.6 is 0 Å². The van der Waals surface area contributed by atoms with Crippen molar-refractivity contribution >= 4 is 5.91 Å². The zero-order chi connectivity index (χ0) is 9.68. The Morgan fingerprint density at radius 1 is 1.62 bits per heavy atom. The van der Waals surface area contributed by atoms with Gasteiger partial charge in [-0.3, -0.25) is 4.79 Å². The number of carbonyl (C=O) groups is 1. The summed E-state index contributed by atoms with van der Waals surface area (Å²) in [6.07, 6.45) is 3.75. The molecule has 2 atom stereocenters. The summed E-state index contributed by atoms with van der Waals surface area (Å²) in [7, 11) is 1.72. The lowest BCUT2D eigenvalue weighted by atomic mass is 10.2. The van der Waals surface area contributed by atoms with Crippen LogP contribution in [-0.4, -0.2) is 31.7 Å². The van der Waals surface area contributed by atoms with Gasteiger partial charge < -0.3 is 15.8 Å². The Hall–Kier alpha value is -0.610. The Bertz CT molecular complexity index is 173. The van der Waals surface area contributed by atoms with Crippen LogP contribution in [-0.2, 0) is 9.53 Å². The van der Waals surface area contributed by atoms with Gasteiger partial charge in [-0.2, -0.15) is 0 Å². The molecule has 1 fully saturated rings. The minimum absolute atomic E-state index is 0.0595. The van der Waals surface area contributed by atoms with Crippen molar-refractivity contribution in [2.45, 2.75) is 37.8 Å². The second-order valence-corrected chi connectivity index (χ2v) is 3.47. The number of amides is 1. The van der Waals surface area contributed by atoms with E-state index >= 15 is 0 Å². The number of hydrogen-bond donors (Lipinski definition) is 2. The fraction of sp³-hybridized carbons (Fsp3) is 0.889. The largest absolute Gasteiger partial charge is 0.381 e. The molecule has 3 N–H and O–H groups in total. The van der Waals surface area contributed by atoms with E-state index in [1.807, 2.05) is 0 Å². The molecule has 13 heavy (non-hydrogen) atoms. The van der Waals surface area contributed by atoms with Crippen molar-refractivity contribution < 1.29 is 9.53 Å². The molecule has 1 aliphatic carbocycles. The van der Waals surface area contributed by atoms with Crippen LogP contribution in [0.2, 0.25) is 0 Å². The molecule has 0 aromatic carbocycles. The van der Waals surface area contributed by atoms with E-state index in [2.05, 4.69) is 5.32 Å². The maximum absolute atomic E-state index is 11.2. The van der Waals surface area contributed by atoms with Gasteiger partial charge in [0.25, 0.3) is 0 Å². The molecule has 4 nitrogen and oxygen atoms in total. The predicted molar refractivity (Wildman–Crippen MR) is 50.3 cm³/mol. The summed E-state index contributed by atoms with van der Waals surface area (Å²) in [6, 6.07) is 0.295. The van der Waals surface area contributed by atoms with E-state index in [9.17, 15) is 4.79 Å². The van der Waals surface area contributed by atoms with Crippen molar-refractivity contribution in [2.24, 2.45) is 5.73 Å². The molecular formula is C9H18N2O2. The van der Waals surface area contributed by atoms with Gasteiger partial charge in [0.15, 0.2) is 0 Å². The van der Waals surface area contributed by atoms with Gasteiger partial charge in [0, 0.05) is 26.1 Å². The number of nitrogens with one attached hydrogen (secondary N) is 1. The van der Waals surface area contributed by atoms with Crippen LogP contribution < -0.4 is 11.1 Å². The monoisotopic (exact) mass is 186 g/mol. The summed E-state index contributed by atoms with van der Waals surface area (Å²) >= 11 is 0. The van der Waals surface area contributed by atoms with Crippen molar-refractivity contribution in [3.8, 4) is 0 Å². The summed E-state index contributed by atoms with van der Waals surface area (Å²) in [4.78, 5) is 11.2. The topological polar surface area (TPSA) is 64.3 Å². The number of carbonyl (C=O) groups excluding carboxylic acids is 1. The Morgan fingerprint density at radius 2 is 2.38 bits per heavy atom. The normalized spacial score (nSPS) is 27.5. The predicted octanol–water partition coefficient (Wildman–Crippen LogP) is 0.0189. The molecular weight excluding hydrogens is 168 g/mol. The molecule has 0 aromatic heterocycles. The van der Waals surface area contributed by atoms with Crippen molar-refractivity contribution in [3.63, 3.8) is 0 Å². The summed E-state index contributed by atoms with van der Waals surface area (Å²) < 4.78 is 5.21. The summed E-state index contributed by atoms with van der Waals surface area (Å²) in [6.45, 7) is 0.423. The van der Waals surface area contributed by atoms with E-state index in [-0.39, 0.29) is 5.91 Å². The third kappa shape index (κ3) is 3.32. The Kier molecular flexibility index (Phi) is 4.18. The smallest absolute Gasteiger partial charge is 0.221 e. The highest BCUT2D eigenvalue weighted by Crippen LogP contribution is 2.21. The molecule has 1 rings (SSSR count). The maximum atomic E-state index is 11.2. The number of methoxy groups -OCH3 is 1. The van der Waals surface area contributed by atoms with Crippen molar-refractivity contribution in [2.75, 3.05) is 13.7 Å². The van der Waals surface area contributed by atoms with Crippen LogP contribution in [0.3, 0.4) is 0 Å². The van der Waals surface area contributed by atoms with Crippen molar-refractivity contribution in [3.05, 3.63) is 0 Å². The molecule has 0 aliphatic heterocycles. The second kappa shape index (κ2) is 5.19. The number of ether oxygens (including phenoxy) is 1. The first-order chi connectivity index (χ1) is 6.26. The van der Waals surface area contributed by atoms with Crippen molar-refractivity contribution in [1.82, 2.24) is 5.32 Å². The fourth-order valence-electron chi connectivity index (χ4n) is 1.72. The van der Waals surface area contributed by atoms with E-state index < -0.39 is 0 Å². The van der Waals surface area contributed by atoms with Gasteiger partial charge in [-0.1, -0.05) is 0 Å². The first-order valence-corrected chi connectivity index (χ1v) is 4.78. The van der Waals surface area contributed by atoms with Gasteiger partial charge in [0.05, 0.1) is 6.10 Å². The molecule has 0 aromatic rings. The minimum Gasteiger partial charge on any atom is -0.381 e. The number of rotatable bonds is 4. The average molecular weight is 186 g/mol. The van der Waals surface area contributed by atoms with Crippen LogP contribution in [0.5, 0.6) is 0 Å². The van der Waals surface area contributed by atoms with Crippen LogP contribution in [0, 0.1) is 0 Å². The average Bonchev–Trinajstić information content (AvgIpc) is 2.52. The van der Waals surface area contributed by atoms with Crippen LogP contribution in [0.4, 0.5) is 0 Å². The lowest BCUT2D eigenvalue weighted by Gasteiger charge is -2.12. The van der Waals surface area contributed by atoms with Crippen molar-refractivity contribution in [1.29, 1.82) is 0 Å².